The predicted molar refractivity (Wildman–Crippen MR) is 103 cm³/mol. The molecule has 0 bridgehead atoms. The summed E-state index contributed by atoms with van der Waals surface area (Å²) in [5, 5.41) is 0. The summed E-state index contributed by atoms with van der Waals surface area (Å²) in [6, 6.07) is 11.8. The van der Waals surface area contributed by atoms with Gasteiger partial charge in [0.1, 0.15) is 5.82 Å². The average molecular weight is 400 g/mol. The zero-order chi connectivity index (χ0) is 19.9. The van der Waals surface area contributed by atoms with E-state index in [0.29, 0.717) is 17.5 Å². The number of imide groups is 1. The van der Waals surface area contributed by atoms with E-state index >= 15 is 0 Å². The lowest BCUT2D eigenvalue weighted by molar-refractivity contribution is -0.118. The Labute approximate surface area is 161 Å². The third-order valence-corrected chi connectivity index (χ3v) is 6.71. The highest BCUT2D eigenvalue weighted by Gasteiger charge is 2.40. The second-order valence-electron chi connectivity index (χ2n) is 6.85. The lowest BCUT2D eigenvalue weighted by atomic mass is 9.88. The molecule has 0 aromatic heterocycles. The summed E-state index contributed by atoms with van der Waals surface area (Å²) < 4.78 is 37.6. The molecule has 1 fully saturated rings. The molecular formula is C20H17FN2O4S. The molecule has 8 heteroatoms. The van der Waals surface area contributed by atoms with Crippen LogP contribution in [0.4, 0.5) is 10.1 Å². The first-order chi connectivity index (χ1) is 13.4. The molecule has 0 aliphatic carbocycles. The maximum Gasteiger partial charge on any atom is 0.265 e. The highest BCUT2D eigenvalue weighted by atomic mass is 32.2. The molecule has 0 N–H and O–H groups in total. The van der Waals surface area contributed by atoms with Crippen LogP contribution in [0.25, 0.3) is 0 Å². The van der Waals surface area contributed by atoms with Crippen molar-refractivity contribution in [3.63, 3.8) is 0 Å². The van der Waals surface area contributed by atoms with E-state index in [1.54, 1.807) is 30.3 Å². The van der Waals surface area contributed by atoms with Crippen molar-refractivity contribution in [2.45, 2.75) is 18.4 Å². The number of aliphatic imine (C=N–C) groups is 1. The van der Waals surface area contributed by atoms with Gasteiger partial charge in [-0.3, -0.25) is 14.6 Å². The Balaban J connectivity index is 1.75. The fourth-order valence-electron chi connectivity index (χ4n) is 3.56. The van der Waals surface area contributed by atoms with Gasteiger partial charge in [-0.15, -0.1) is 0 Å². The number of fused-ring (bicyclic) bond motifs is 1. The van der Waals surface area contributed by atoms with Crippen LogP contribution in [-0.4, -0.2) is 44.0 Å². The van der Waals surface area contributed by atoms with E-state index in [1.165, 1.54) is 24.4 Å². The number of anilines is 1. The summed E-state index contributed by atoms with van der Waals surface area (Å²) in [5.74, 6) is -2.76. The Kier molecular flexibility index (Phi) is 4.58. The molecule has 2 aromatic carbocycles. The van der Waals surface area contributed by atoms with Gasteiger partial charge < -0.3 is 0 Å². The topological polar surface area (TPSA) is 83.9 Å². The maximum absolute atomic E-state index is 14.3. The number of carbonyl (C=O) groups excluding carboxylic acids is 2. The van der Waals surface area contributed by atoms with Gasteiger partial charge in [0.05, 0.1) is 29.2 Å². The van der Waals surface area contributed by atoms with Crippen LogP contribution < -0.4 is 4.90 Å². The van der Waals surface area contributed by atoms with E-state index in [0.717, 1.165) is 4.90 Å². The number of amides is 2. The largest absolute Gasteiger partial charge is 0.292 e. The van der Waals surface area contributed by atoms with E-state index in [9.17, 15) is 22.4 Å². The SMILES string of the molecule is O=C1c2ccccc2[C@H](C=N[C@@H]2CCS(=O)(=O)C2)C(=O)N1c1ccccc1F. The maximum atomic E-state index is 14.3. The van der Waals surface area contributed by atoms with E-state index in [2.05, 4.69) is 4.99 Å². The van der Waals surface area contributed by atoms with Crippen molar-refractivity contribution in [2.24, 2.45) is 4.99 Å². The number of hydrogen-bond donors (Lipinski definition) is 0. The normalized spacial score (nSPS) is 24.0. The third kappa shape index (κ3) is 3.24. The first-order valence-corrected chi connectivity index (χ1v) is 10.6. The van der Waals surface area contributed by atoms with Crippen LogP contribution >= 0.6 is 0 Å². The second-order valence-corrected chi connectivity index (χ2v) is 9.08. The average Bonchev–Trinajstić information content (AvgIpc) is 3.02. The van der Waals surface area contributed by atoms with Crippen molar-refractivity contribution in [1.82, 2.24) is 0 Å². The fourth-order valence-corrected chi connectivity index (χ4v) is 5.20. The smallest absolute Gasteiger partial charge is 0.265 e. The van der Waals surface area contributed by atoms with E-state index in [4.69, 9.17) is 0 Å². The second kappa shape index (κ2) is 6.94. The summed E-state index contributed by atoms with van der Waals surface area (Å²) >= 11 is 0. The number of rotatable bonds is 3. The molecule has 0 spiro atoms. The van der Waals surface area contributed by atoms with Crippen LogP contribution in [-0.2, 0) is 14.6 Å². The summed E-state index contributed by atoms with van der Waals surface area (Å²) in [6.07, 6.45) is 1.80. The minimum Gasteiger partial charge on any atom is -0.292 e. The fraction of sp³-hybridized carbons (Fsp3) is 0.250. The standard InChI is InChI=1S/C20H17FN2O4S/c21-17-7-3-4-8-18(17)23-19(24)15-6-2-1-5-14(15)16(20(23)25)11-22-13-9-10-28(26,27)12-13/h1-8,11,13,16H,9-10,12H2/t13-,16+/m1/s1. The lowest BCUT2D eigenvalue weighted by Crippen LogP contribution is -2.46. The van der Waals surface area contributed by atoms with Crippen molar-refractivity contribution in [2.75, 3.05) is 16.4 Å². The lowest BCUT2D eigenvalue weighted by Gasteiger charge is -2.31. The molecule has 144 valence electrons. The molecule has 1 saturated heterocycles. The Hall–Kier alpha value is -2.87. The van der Waals surface area contributed by atoms with Gasteiger partial charge in [0, 0.05) is 11.8 Å². The number of benzene rings is 2. The number of sulfone groups is 1. The quantitative estimate of drug-likeness (QED) is 0.585. The number of carbonyl (C=O) groups is 2. The Morgan fingerprint density at radius 3 is 2.50 bits per heavy atom. The van der Waals surface area contributed by atoms with Gasteiger partial charge in [0.15, 0.2) is 9.84 Å². The van der Waals surface area contributed by atoms with E-state index < -0.39 is 39.4 Å². The van der Waals surface area contributed by atoms with Gasteiger partial charge in [-0.1, -0.05) is 30.3 Å². The van der Waals surface area contributed by atoms with Crippen molar-refractivity contribution in [3.8, 4) is 0 Å². The minimum absolute atomic E-state index is 0.0536. The van der Waals surface area contributed by atoms with Crippen LogP contribution in [0.15, 0.2) is 53.5 Å². The first-order valence-electron chi connectivity index (χ1n) is 8.83. The summed E-state index contributed by atoms with van der Waals surface area (Å²) in [6.45, 7) is 0. The van der Waals surface area contributed by atoms with E-state index in [1.807, 2.05) is 0 Å². The van der Waals surface area contributed by atoms with Gasteiger partial charge >= 0.3 is 0 Å². The molecule has 2 aromatic rings. The molecule has 28 heavy (non-hydrogen) atoms. The summed E-state index contributed by atoms with van der Waals surface area (Å²) in [7, 11) is -3.10. The molecule has 0 unspecified atom stereocenters. The van der Waals surface area contributed by atoms with Gasteiger partial charge in [0.2, 0.25) is 5.91 Å². The predicted octanol–water partition coefficient (Wildman–Crippen LogP) is 2.35. The molecular weight excluding hydrogens is 383 g/mol. The van der Waals surface area contributed by atoms with Crippen LogP contribution in [0, 0.1) is 5.82 Å². The van der Waals surface area contributed by atoms with Gasteiger partial charge in [-0.2, -0.15) is 0 Å². The van der Waals surface area contributed by atoms with Crippen LogP contribution in [0.1, 0.15) is 28.3 Å². The monoisotopic (exact) mass is 400 g/mol. The molecule has 2 aliphatic heterocycles. The zero-order valence-corrected chi connectivity index (χ0v) is 15.6. The molecule has 4 rings (SSSR count). The van der Waals surface area contributed by atoms with Crippen molar-refractivity contribution in [1.29, 1.82) is 0 Å². The molecule has 0 saturated carbocycles. The summed E-state index contributed by atoms with van der Waals surface area (Å²) in [4.78, 5) is 31.1. The van der Waals surface area contributed by atoms with Crippen LogP contribution in [0.5, 0.6) is 0 Å². The number of para-hydroxylation sites is 1. The minimum atomic E-state index is -3.10. The van der Waals surface area contributed by atoms with Crippen molar-refractivity contribution in [3.05, 3.63) is 65.5 Å². The first kappa shape index (κ1) is 18.5. The van der Waals surface area contributed by atoms with Gasteiger partial charge in [-0.05, 0) is 30.2 Å². The number of nitrogens with zero attached hydrogens (tertiary/aromatic N) is 2. The number of hydrogen-bond acceptors (Lipinski definition) is 5. The Morgan fingerprint density at radius 1 is 1.07 bits per heavy atom. The molecule has 2 heterocycles. The highest BCUT2D eigenvalue weighted by Crippen LogP contribution is 2.33. The molecule has 6 nitrogen and oxygen atoms in total. The molecule has 2 atom stereocenters. The third-order valence-electron chi connectivity index (χ3n) is 4.96. The summed E-state index contributed by atoms with van der Waals surface area (Å²) in [5.41, 5.74) is 0.657. The number of halogens is 1. The van der Waals surface area contributed by atoms with Crippen molar-refractivity contribution >= 4 is 33.6 Å². The van der Waals surface area contributed by atoms with E-state index in [-0.39, 0.29) is 17.2 Å². The van der Waals surface area contributed by atoms with Gasteiger partial charge in [-0.25, -0.2) is 17.7 Å². The van der Waals surface area contributed by atoms with Crippen molar-refractivity contribution < 1.29 is 22.4 Å². The van der Waals surface area contributed by atoms with Crippen LogP contribution in [0.3, 0.4) is 0 Å². The Bertz CT molecular complexity index is 1100. The Morgan fingerprint density at radius 2 is 1.79 bits per heavy atom. The molecule has 0 radical (unpaired) electrons. The highest BCUT2D eigenvalue weighted by molar-refractivity contribution is 7.91. The molecule has 2 aliphatic rings. The molecule has 2 amide bonds. The van der Waals surface area contributed by atoms with Crippen LogP contribution in [0.2, 0.25) is 0 Å². The van der Waals surface area contributed by atoms with Gasteiger partial charge in [0.25, 0.3) is 5.91 Å². The zero-order valence-electron chi connectivity index (χ0n) is 14.8.